The number of unbranched alkanes of at least 4 members (excludes halogenated alkanes) is 51. The molecule has 0 spiro atoms. The van der Waals surface area contributed by atoms with Gasteiger partial charge in [0, 0.05) is 0 Å². The van der Waals surface area contributed by atoms with Crippen molar-refractivity contribution in [1.29, 1.82) is 0 Å². The molecule has 0 saturated carbocycles. The van der Waals surface area contributed by atoms with E-state index in [2.05, 4.69) is 20.8 Å². The second-order valence-electron chi connectivity index (χ2n) is 21.3. The molecule has 0 rings (SSSR count). The molecule has 0 unspecified atom stereocenters. The molecule has 2 heteroatoms. The predicted molar refractivity (Wildman–Crippen MR) is 295 cm³/mol. The van der Waals surface area contributed by atoms with E-state index in [0.717, 1.165) is 0 Å². The van der Waals surface area contributed by atoms with Crippen LogP contribution in [0.4, 0.5) is 0 Å². The lowest BCUT2D eigenvalue weighted by Gasteiger charge is -2.22. The molecule has 0 atom stereocenters. The summed E-state index contributed by atoms with van der Waals surface area (Å²) in [6.45, 7) is 6.96. The average molecular weight is 908 g/mol. The Hall–Kier alpha value is 0.650. The van der Waals surface area contributed by atoms with Crippen molar-refractivity contribution in [3.05, 3.63) is 0 Å². The quantitative estimate of drug-likeness (QED) is 0.0433. The van der Waals surface area contributed by atoms with E-state index < -0.39 is 6.04 Å². The van der Waals surface area contributed by atoms with Crippen LogP contribution in [0.3, 0.4) is 0 Å². The zero-order valence-electron chi connectivity index (χ0n) is 44.2. The molecule has 374 valence electrons. The lowest BCUT2D eigenvalue weighted by molar-refractivity contribution is 0.526. The summed E-state index contributed by atoms with van der Waals surface area (Å²) in [5.74, 6) is 0. The first kappa shape index (κ1) is 62.6. The van der Waals surface area contributed by atoms with E-state index in [1.54, 1.807) is 0 Å². The van der Waals surface area contributed by atoms with Gasteiger partial charge in [0.25, 0.3) is 0 Å². The molecule has 0 bridgehead atoms. The van der Waals surface area contributed by atoms with Crippen molar-refractivity contribution in [2.45, 2.75) is 367 Å². The first-order valence-electron chi connectivity index (χ1n) is 30.3. The molecule has 0 aromatic rings. The fourth-order valence-corrected chi connectivity index (χ4v) is 14.5. The van der Waals surface area contributed by atoms with Gasteiger partial charge in [-0.15, -0.1) is 0 Å². The smallest absolute Gasteiger partial charge is 0.0235 e. The van der Waals surface area contributed by atoms with Crippen LogP contribution in [0, 0.1) is 0 Å². The van der Waals surface area contributed by atoms with Crippen LogP contribution in [0.2, 0.25) is 0 Å². The molecule has 0 heterocycles. The third kappa shape index (κ3) is 53.3. The highest BCUT2D eigenvalue weighted by Gasteiger charge is 2.16. The lowest BCUT2D eigenvalue weighted by atomic mass is 10.0. The summed E-state index contributed by atoms with van der Waals surface area (Å²) in [5, 5.41) is 0. The van der Waals surface area contributed by atoms with Gasteiger partial charge in [-0.3, -0.25) is 0 Å². The van der Waals surface area contributed by atoms with E-state index in [4.69, 9.17) is 11.8 Å². The second kappa shape index (κ2) is 56.0. The summed E-state index contributed by atoms with van der Waals surface area (Å²) < 4.78 is 0. The van der Waals surface area contributed by atoms with Crippen LogP contribution in [-0.4, -0.2) is 18.5 Å². The van der Waals surface area contributed by atoms with Gasteiger partial charge >= 0.3 is 0 Å². The average Bonchev–Trinajstić information content (AvgIpc) is 3.28. The molecule has 0 amide bonds. The minimum atomic E-state index is -1.16. The van der Waals surface area contributed by atoms with E-state index in [-0.39, 0.29) is 0 Å². The lowest BCUT2D eigenvalue weighted by Crippen LogP contribution is -2.01. The van der Waals surface area contributed by atoms with Crippen LogP contribution in [0.25, 0.3) is 0 Å². The number of rotatable bonds is 57. The molecule has 0 aliphatic carbocycles. The third-order valence-corrected chi connectivity index (χ3v) is 19.8. The van der Waals surface area contributed by atoms with Crippen LogP contribution in [0.15, 0.2) is 0 Å². The van der Waals surface area contributed by atoms with Crippen LogP contribution in [0.1, 0.15) is 367 Å². The van der Waals surface area contributed by atoms with E-state index >= 15 is 0 Å². The molecular formula is C60H123PS. The first-order chi connectivity index (χ1) is 30.7. The van der Waals surface area contributed by atoms with Crippen molar-refractivity contribution in [2.75, 3.05) is 18.5 Å². The first-order valence-corrected chi connectivity index (χ1v) is 33.6. The maximum atomic E-state index is 6.66. The Bertz CT molecular complexity index is 717. The van der Waals surface area contributed by atoms with Crippen molar-refractivity contribution in [3.8, 4) is 0 Å². The van der Waals surface area contributed by atoms with Crippen molar-refractivity contribution in [2.24, 2.45) is 0 Å². The SMILES string of the molecule is CCCCCCCCCCCCCCCCCCCCP(=S)(CCCCCCCCCCCCCCCCCCCC)CCCCCCCCCCCCCCCCCCCC. The molecule has 0 fully saturated rings. The Kier molecular flexibility index (Phi) is 56.6. The fraction of sp³-hybridized carbons (Fsp3) is 1.00. The molecular weight excluding hydrogens is 784 g/mol. The number of hydrogen-bond donors (Lipinski definition) is 0. The highest BCUT2D eigenvalue weighted by Crippen LogP contribution is 2.49. The minimum Gasteiger partial charge on any atom is -0.0975 e. The predicted octanol–water partition coefficient (Wildman–Crippen LogP) is 23.6. The minimum absolute atomic E-state index is 1.16. The molecule has 0 aliphatic rings. The highest BCUT2D eigenvalue weighted by molar-refractivity contribution is 8.14. The largest absolute Gasteiger partial charge is 0.0975 e. The summed E-state index contributed by atoms with van der Waals surface area (Å²) in [6, 6.07) is -1.16. The molecule has 0 nitrogen and oxygen atoms in total. The van der Waals surface area contributed by atoms with Gasteiger partial charge in [-0.1, -0.05) is 360 Å². The van der Waals surface area contributed by atoms with E-state index in [1.165, 1.54) is 365 Å². The normalized spacial score (nSPS) is 12.0. The topological polar surface area (TPSA) is 0 Å². The van der Waals surface area contributed by atoms with E-state index in [9.17, 15) is 0 Å². The highest BCUT2D eigenvalue weighted by atomic mass is 32.4. The fourth-order valence-electron chi connectivity index (χ4n) is 10.2. The summed E-state index contributed by atoms with van der Waals surface area (Å²) in [6.07, 6.45) is 83.5. The summed E-state index contributed by atoms with van der Waals surface area (Å²) >= 11 is 6.66. The van der Waals surface area contributed by atoms with Crippen molar-refractivity contribution < 1.29 is 0 Å². The van der Waals surface area contributed by atoms with Crippen LogP contribution in [-0.2, 0) is 11.8 Å². The van der Waals surface area contributed by atoms with Crippen LogP contribution in [0.5, 0.6) is 0 Å². The Morgan fingerprint density at radius 1 is 0.161 bits per heavy atom. The van der Waals surface area contributed by atoms with Gasteiger partial charge in [-0.25, -0.2) is 0 Å². The maximum Gasteiger partial charge on any atom is -0.0235 e. The Labute approximate surface area is 401 Å². The molecule has 0 N–H and O–H groups in total. The van der Waals surface area contributed by atoms with Crippen LogP contribution < -0.4 is 0 Å². The van der Waals surface area contributed by atoms with Gasteiger partial charge in [0.1, 0.15) is 0 Å². The molecule has 0 radical (unpaired) electrons. The summed E-state index contributed by atoms with van der Waals surface area (Å²) in [5.41, 5.74) is 0. The molecule has 0 aliphatic heterocycles. The summed E-state index contributed by atoms with van der Waals surface area (Å²) in [7, 11) is 0. The Morgan fingerprint density at radius 3 is 0.371 bits per heavy atom. The van der Waals surface area contributed by atoms with E-state index in [1.807, 2.05) is 0 Å². The molecule has 62 heavy (non-hydrogen) atoms. The van der Waals surface area contributed by atoms with E-state index in [0.29, 0.717) is 0 Å². The number of hydrogen-bond acceptors (Lipinski definition) is 1. The van der Waals surface area contributed by atoms with Gasteiger partial charge in [0.2, 0.25) is 0 Å². The molecule has 0 aromatic carbocycles. The van der Waals surface area contributed by atoms with Crippen molar-refractivity contribution in [3.63, 3.8) is 0 Å². The molecule has 0 saturated heterocycles. The van der Waals surface area contributed by atoms with Gasteiger partial charge in [-0.2, -0.15) is 0 Å². The van der Waals surface area contributed by atoms with Crippen molar-refractivity contribution >= 4 is 17.8 Å². The maximum absolute atomic E-state index is 6.66. The summed E-state index contributed by atoms with van der Waals surface area (Å²) in [4.78, 5) is 0. The third-order valence-electron chi connectivity index (χ3n) is 14.8. The van der Waals surface area contributed by atoms with Crippen molar-refractivity contribution in [1.82, 2.24) is 0 Å². The van der Waals surface area contributed by atoms with Gasteiger partial charge in [0.05, 0.1) is 0 Å². The Balaban J connectivity index is 4.08. The Morgan fingerprint density at radius 2 is 0.258 bits per heavy atom. The standard InChI is InChI=1S/C60H123PS/c1-4-7-10-13-16-19-22-25-28-31-34-37-40-43-46-49-52-55-58-61(62,59-56-53-50-47-44-41-38-35-32-29-26-23-20-17-14-11-8-5-2)60-57-54-51-48-45-42-39-36-33-30-27-24-21-18-15-12-9-6-3/h4-60H2,1-3H3. The van der Waals surface area contributed by atoms with Gasteiger partial charge in [-0.05, 0) is 43.8 Å². The zero-order chi connectivity index (χ0) is 44.8. The van der Waals surface area contributed by atoms with Gasteiger partial charge in [0.15, 0.2) is 0 Å². The van der Waals surface area contributed by atoms with Crippen LogP contribution >= 0.6 is 6.04 Å². The zero-order valence-corrected chi connectivity index (χ0v) is 45.9. The monoisotopic (exact) mass is 907 g/mol. The second-order valence-corrected chi connectivity index (χ2v) is 27.0. The van der Waals surface area contributed by atoms with Gasteiger partial charge < -0.3 is 0 Å². The molecule has 0 aromatic heterocycles.